The van der Waals surface area contributed by atoms with Gasteiger partial charge in [0, 0.05) is 37.4 Å². The van der Waals surface area contributed by atoms with E-state index in [-0.39, 0.29) is 5.91 Å². The van der Waals surface area contributed by atoms with Gasteiger partial charge in [0.1, 0.15) is 0 Å². The molecular formula is C18H27N3O. The lowest BCUT2D eigenvalue weighted by Gasteiger charge is -2.30. The van der Waals surface area contributed by atoms with E-state index in [1.54, 1.807) is 0 Å². The van der Waals surface area contributed by atoms with Gasteiger partial charge in [0.05, 0.1) is 6.54 Å². The zero-order valence-electron chi connectivity index (χ0n) is 14.0. The van der Waals surface area contributed by atoms with Crippen molar-refractivity contribution in [3.63, 3.8) is 0 Å². The Kier molecular flexibility index (Phi) is 4.48. The second kappa shape index (κ2) is 6.37. The van der Waals surface area contributed by atoms with Crippen molar-refractivity contribution < 1.29 is 4.79 Å². The second-order valence-corrected chi connectivity index (χ2v) is 7.19. The smallest absolute Gasteiger partial charge is 0.237 e. The minimum atomic E-state index is 0.271. The molecule has 0 aliphatic carbocycles. The third-order valence-corrected chi connectivity index (χ3v) is 4.88. The van der Waals surface area contributed by atoms with Crippen LogP contribution in [-0.4, -0.2) is 46.9 Å². The Bertz CT molecular complexity index is 555. The molecule has 2 aliphatic rings. The first-order valence-electron chi connectivity index (χ1n) is 8.51. The Morgan fingerprint density at radius 1 is 1.36 bits per heavy atom. The summed E-state index contributed by atoms with van der Waals surface area (Å²) in [5, 5.41) is 0. The summed E-state index contributed by atoms with van der Waals surface area (Å²) in [6, 6.07) is 4.27. The van der Waals surface area contributed by atoms with E-state index < -0.39 is 0 Å². The number of pyridine rings is 1. The summed E-state index contributed by atoms with van der Waals surface area (Å²) in [7, 11) is 0. The summed E-state index contributed by atoms with van der Waals surface area (Å²) < 4.78 is 0. The van der Waals surface area contributed by atoms with Crippen molar-refractivity contribution in [2.75, 3.05) is 26.2 Å². The molecule has 0 radical (unpaired) electrons. The molecule has 0 spiro atoms. The first-order chi connectivity index (χ1) is 10.5. The topological polar surface area (TPSA) is 36.4 Å². The molecule has 120 valence electrons. The molecule has 0 unspecified atom stereocenters. The molecule has 0 aromatic carbocycles. The summed E-state index contributed by atoms with van der Waals surface area (Å²) in [4.78, 5) is 21.6. The molecule has 1 amide bonds. The maximum atomic E-state index is 12.5. The van der Waals surface area contributed by atoms with Gasteiger partial charge in [0.2, 0.25) is 5.91 Å². The van der Waals surface area contributed by atoms with Crippen LogP contribution in [0.3, 0.4) is 0 Å². The number of fused-ring (bicyclic) bond motifs is 1. The Balaban J connectivity index is 1.62. The molecule has 3 heterocycles. The Labute approximate surface area is 133 Å². The van der Waals surface area contributed by atoms with Gasteiger partial charge in [-0.3, -0.25) is 14.7 Å². The van der Waals surface area contributed by atoms with Gasteiger partial charge in [-0.1, -0.05) is 26.8 Å². The predicted octanol–water partition coefficient (Wildman–Crippen LogP) is 2.43. The molecule has 0 N–H and O–H groups in total. The average Bonchev–Trinajstić information content (AvgIpc) is 2.91. The van der Waals surface area contributed by atoms with Crippen LogP contribution in [0.2, 0.25) is 0 Å². The molecule has 0 saturated carbocycles. The number of aromatic nitrogens is 1. The lowest BCUT2D eigenvalue weighted by molar-refractivity contribution is -0.133. The lowest BCUT2D eigenvalue weighted by atomic mass is 10.0. The van der Waals surface area contributed by atoms with Crippen LogP contribution >= 0.6 is 0 Å². The molecule has 4 heteroatoms. The van der Waals surface area contributed by atoms with E-state index in [1.807, 2.05) is 4.90 Å². The number of carbonyl (C=O) groups is 1. The van der Waals surface area contributed by atoms with Crippen molar-refractivity contribution in [2.45, 2.75) is 46.1 Å². The monoisotopic (exact) mass is 301 g/mol. The maximum absolute atomic E-state index is 12.5. The molecular weight excluding hydrogens is 274 g/mol. The van der Waals surface area contributed by atoms with Crippen LogP contribution in [0.4, 0.5) is 0 Å². The molecule has 0 bridgehead atoms. The van der Waals surface area contributed by atoms with E-state index in [2.05, 4.69) is 37.8 Å². The van der Waals surface area contributed by atoms with E-state index in [9.17, 15) is 4.79 Å². The highest BCUT2D eigenvalue weighted by Gasteiger charge is 2.26. The Morgan fingerprint density at radius 3 is 2.86 bits per heavy atom. The third kappa shape index (κ3) is 3.32. The molecule has 1 aromatic rings. The summed E-state index contributed by atoms with van der Waals surface area (Å²) in [6.45, 7) is 10.9. The highest BCUT2D eigenvalue weighted by Crippen LogP contribution is 2.21. The lowest BCUT2D eigenvalue weighted by Crippen LogP contribution is -2.42. The van der Waals surface area contributed by atoms with E-state index in [0.29, 0.717) is 12.5 Å². The van der Waals surface area contributed by atoms with Gasteiger partial charge >= 0.3 is 0 Å². The normalized spacial score (nSPS) is 22.2. The van der Waals surface area contributed by atoms with Gasteiger partial charge < -0.3 is 4.90 Å². The first-order valence-corrected chi connectivity index (χ1v) is 8.51. The number of hydrogen-bond acceptors (Lipinski definition) is 3. The van der Waals surface area contributed by atoms with Crippen LogP contribution in [0, 0.1) is 5.92 Å². The zero-order chi connectivity index (χ0) is 15.7. The van der Waals surface area contributed by atoms with Gasteiger partial charge in [-0.25, -0.2) is 0 Å². The molecule has 3 rings (SSSR count). The van der Waals surface area contributed by atoms with Crippen molar-refractivity contribution >= 4 is 5.91 Å². The second-order valence-electron chi connectivity index (χ2n) is 7.19. The van der Waals surface area contributed by atoms with Gasteiger partial charge in [-0.15, -0.1) is 0 Å². The van der Waals surface area contributed by atoms with Crippen LogP contribution in [0.5, 0.6) is 0 Å². The van der Waals surface area contributed by atoms with Crippen molar-refractivity contribution in [1.82, 2.24) is 14.8 Å². The quantitative estimate of drug-likeness (QED) is 0.860. The van der Waals surface area contributed by atoms with Crippen molar-refractivity contribution in [2.24, 2.45) is 5.92 Å². The summed E-state index contributed by atoms with van der Waals surface area (Å²) in [5.41, 5.74) is 3.56. The molecule has 1 atom stereocenters. The summed E-state index contributed by atoms with van der Waals surface area (Å²) in [5.74, 6) is 1.46. The average molecular weight is 301 g/mol. The standard InChI is InChI=1S/C18H27N3O/c1-13(2)16-5-4-15-11-21(9-7-17(15)19-16)18(22)12-20-8-6-14(3)10-20/h4-5,13-14H,6-12H2,1-3H3/t14-/m1/s1. The van der Waals surface area contributed by atoms with Gasteiger partial charge in [0.25, 0.3) is 0 Å². The molecule has 22 heavy (non-hydrogen) atoms. The van der Waals surface area contributed by atoms with Crippen molar-refractivity contribution in [1.29, 1.82) is 0 Å². The largest absolute Gasteiger partial charge is 0.337 e. The van der Waals surface area contributed by atoms with Gasteiger partial charge in [-0.05, 0) is 36.4 Å². The highest BCUT2D eigenvalue weighted by molar-refractivity contribution is 5.78. The summed E-state index contributed by atoms with van der Waals surface area (Å²) in [6.07, 6.45) is 2.11. The van der Waals surface area contributed by atoms with Crippen LogP contribution in [0.1, 0.15) is 50.1 Å². The Hall–Kier alpha value is -1.42. The number of nitrogens with zero attached hydrogens (tertiary/aromatic N) is 3. The predicted molar refractivity (Wildman–Crippen MR) is 87.7 cm³/mol. The SMILES string of the molecule is CC(C)c1ccc2c(n1)CCN(C(=O)CN1CC[C@@H](C)C1)C2. The Morgan fingerprint density at radius 2 is 2.18 bits per heavy atom. The van der Waals surface area contributed by atoms with Crippen LogP contribution in [0.25, 0.3) is 0 Å². The minimum Gasteiger partial charge on any atom is -0.337 e. The fraction of sp³-hybridized carbons (Fsp3) is 0.667. The maximum Gasteiger partial charge on any atom is 0.237 e. The van der Waals surface area contributed by atoms with E-state index >= 15 is 0 Å². The van der Waals surface area contributed by atoms with Crippen LogP contribution in [0.15, 0.2) is 12.1 Å². The van der Waals surface area contributed by atoms with E-state index in [1.165, 1.54) is 17.7 Å². The summed E-state index contributed by atoms with van der Waals surface area (Å²) >= 11 is 0. The number of likely N-dealkylation sites (tertiary alicyclic amines) is 1. The van der Waals surface area contributed by atoms with E-state index in [0.717, 1.165) is 44.2 Å². The van der Waals surface area contributed by atoms with Crippen molar-refractivity contribution in [3.8, 4) is 0 Å². The number of amides is 1. The number of carbonyl (C=O) groups excluding carboxylic acids is 1. The fourth-order valence-electron chi connectivity index (χ4n) is 3.43. The van der Waals surface area contributed by atoms with Gasteiger partial charge in [0.15, 0.2) is 0 Å². The highest BCUT2D eigenvalue weighted by atomic mass is 16.2. The minimum absolute atomic E-state index is 0.271. The fourth-order valence-corrected chi connectivity index (χ4v) is 3.43. The number of rotatable bonds is 3. The number of hydrogen-bond donors (Lipinski definition) is 0. The van der Waals surface area contributed by atoms with Crippen LogP contribution in [-0.2, 0) is 17.8 Å². The first kappa shape index (κ1) is 15.5. The molecule has 1 aromatic heterocycles. The van der Waals surface area contributed by atoms with E-state index in [4.69, 9.17) is 4.98 Å². The van der Waals surface area contributed by atoms with Crippen LogP contribution < -0.4 is 0 Å². The molecule has 2 aliphatic heterocycles. The zero-order valence-corrected chi connectivity index (χ0v) is 14.0. The van der Waals surface area contributed by atoms with Crippen molar-refractivity contribution in [3.05, 3.63) is 29.1 Å². The molecule has 1 saturated heterocycles. The molecule has 1 fully saturated rings. The molecule has 4 nitrogen and oxygen atoms in total. The third-order valence-electron chi connectivity index (χ3n) is 4.88. The van der Waals surface area contributed by atoms with Gasteiger partial charge in [-0.2, -0.15) is 0 Å².